The molecule has 0 saturated carbocycles. The molecular weight excluding hydrogens is 312 g/mol. The Balaban J connectivity index is 1.98. The second-order valence-electron chi connectivity index (χ2n) is 6.17. The quantitative estimate of drug-likeness (QED) is 0.636. The zero-order valence-corrected chi connectivity index (χ0v) is 14.2. The molecule has 1 heterocycles. The lowest BCUT2D eigenvalue weighted by Gasteiger charge is -2.18. The van der Waals surface area contributed by atoms with E-state index < -0.39 is 5.92 Å². The number of pyridine rings is 1. The van der Waals surface area contributed by atoms with Gasteiger partial charge in [0.1, 0.15) is 17.3 Å². The third-order valence-corrected chi connectivity index (χ3v) is 3.56. The molecule has 0 radical (unpaired) electrons. The summed E-state index contributed by atoms with van der Waals surface area (Å²) in [5.74, 6) is -1.74. The van der Waals surface area contributed by atoms with Crippen LogP contribution in [-0.2, 0) is 0 Å². The van der Waals surface area contributed by atoms with Crippen molar-refractivity contribution in [2.24, 2.45) is 16.6 Å². The highest BCUT2D eigenvalue weighted by Crippen LogP contribution is 2.29. The second kappa shape index (κ2) is 7.55. The Labute approximate surface area is 141 Å². The van der Waals surface area contributed by atoms with Crippen molar-refractivity contribution in [3.05, 3.63) is 47.8 Å². The number of nitrogens with zero attached hydrogens (tertiary/aromatic N) is 2. The first kappa shape index (κ1) is 18.1. The molecule has 0 amide bonds. The number of rotatable bonds is 6. The van der Waals surface area contributed by atoms with Crippen LogP contribution in [0, 0.1) is 5.92 Å². The van der Waals surface area contributed by atoms with Crippen molar-refractivity contribution in [1.82, 2.24) is 4.98 Å². The summed E-state index contributed by atoms with van der Waals surface area (Å²) < 4.78 is 32.0. The molecule has 0 fully saturated rings. The average Bonchev–Trinajstić information content (AvgIpc) is 2.52. The first-order valence-corrected chi connectivity index (χ1v) is 7.95. The average molecular weight is 335 g/mol. The van der Waals surface area contributed by atoms with Gasteiger partial charge < -0.3 is 10.5 Å². The van der Waals surface area contributed by atoms with E-state index in [1.807, 2.05) is 13.8 Å². The summed E-state index contributed by atoms with van der Waals surface area (Å²) in [4.78, 5) is 8.52. The molecule has 0 bridgehead atoms. The van der Waals surface area contributed by atoms with Gasteiger partial charge in [0.25, 0.3) is 5.92 Å². The highest BCUT2D eigenvalue weighted by molar-refractivity contribution is 5.95. The molecule has 0 aromatic carbocycles. The van der Waals surface area contributed by atoms with Crippen LogP contribution < -0.4 is 10.5 Å². The second-order valence-corrected chi connectivity index (χ2v) is 6.17. The van der Waals surface area contributed by atoms with E-state index in [-0.39, 0.29) is 17.6 Å². The number of amidine groups is 1. The lowest BCUT2D eigenvalue weighted by molar-refractivity contribution is 0.0666. The first-order chi connectivity index (χ1) is 11.3. The van der Waals surface area contributed by atoms with E-state index in [1.165, 1.54) is 6.08 Å². The summed E-state index contributed by atoms with van der Waals surface area (Å²) in [5, 5.41) is 0. The molecule has 0 aliphatic heterocycles. The molecule has 2 rings (SSSR count). The zero-order chi connectivity index (χ0) is 17.7. The van der Waals surface area contributed by atoms with Crippen molar-refractivity contribution in [3.8, 4) is 5.75 Å². The molecule has 0 saturated heterocycles. The fourth-order valence-corrected chi connectivity index (χ4v) is 2.32. The Kier molecular flexibility index (Phi) is 5.70. The van der Waals surface area contributed by atoms with E-state index in [2.05, 4.69) is 9.98 Å². The molecule has 1 unspecified atom stereocenters. The number of aromatic nitrogens is 1. The minimum absolute atomic E-state index is 0.0518. The van der Waals surface area contributed by atoms with Gasteiger partial charge >= 0.3 is 0 Å². The van der Waals surface area contributed by atoms with Gasteiger partial charge in [0, 0.05) is 37.2 Å². The largest absolute Gasteiger partial charge is 0.491 e. The van der Waals surface area contributed by atoms with Crippen molar-refractivity contribution < 1.29 is 13.5 Å². The molecule has 24 heavy (non-hydrogen) atoms. The minimum atomic E-state index is -2.80. The van der Waals surface area contributed by atoms with Gasteiger partial charge in [-0.3, -0.25) is 9.98 Å². The van der Waals surface area contributed by atoms with Crippen LogP contribution in [0.4, 0.5) is 8.78 Å². The topological polar surface area (TPSA) is 60.5 Å². The maximum atomic E-state index is 13.2. The SMILES string of the molecule is CC(C)Oc1ccnc(C(N)=NCC2C=CC(C(C)(F)F)=CC2)c1. The highest BCUT2D eigenvalue weighted by Gasteiger charge is 2.27. The summed E-state index contributed by atoms with van der Waals surface area (Å²) >= 11 is 0. The van der Waals surface area contributed by atoms with Crippen molar-refractivity contribution in [3.63, 3.8) is 0 Å². The third kappa shape index (κ3) is 5.15. The number of hydrogen-bond donors (Lipinski definition) is 1. The number of hydrogen-bond acceptors (Lipinski definition) is 3. The summed E-state index contributed by atoms with van der Waals surface area (Å²) in [6.07, 6.45) is 6.99. The summed E-state index contributed by atoms with van der Waals surface area (Å²) in [7, 11) is 0. The molecule has 1 aromatic heterocycles. The van der Waals surface area contributed by atoms with Crippen LogP contribution in [0.5, 0.6) is 5.75 Å². The lowest BCUT2D eigenvalue weighted by Crippen LogP contribution is -2.19. The Morgan fingerprint density at radius 1 is 1.50 bits per heavy atom. The maximum Gasteiger partial charge on any atom is 0.270 e. The smallest absolute Gasteiger partial charge is 0.270 e. The van der Waals surface area contributed by atoms with Crippen molar-refractivity contribution in [1.29, 1.82) is 0 Å². The van der Waals surface area contributed by atoms with E-state index in [0.717, 1.165) is 6.92 Å². The van der Waals surface area contributed by atoms with Crippen LogP contribution >= 0.6 is 0 Å². The van der Waals surface area contributed by atoms with Crippen LogP contribution in [0.3, 0.4) is 0 Å². The fourth-order valence-electron chi connectivity index (χ4n) is 2.32. The molecular formula is C18H23F2N3O. The van der Waals surface area contributed by atoms with E-state index in [1.54, 1.807) is 30.5 Å². The van der Waals surface area contributed by atoms with Gasteiger partial charge in [0.05, 0.1) is 6.10 Å². The summed E-state index contributed by atoms with van der Waals surface area (Å²) in [6, 6.07) is 3.50. The van der Waals surface area contributed by atoms with Gasteiger partial charge in [-0.1, -0.05) is 18.2 Å². The summed E-state index contributed by atoms with van der Waals surface area (Å²) in [5.41, 5.74) is 6.58. The van der Waals surface area contributed by atoms with Gasteiger partial charge in [-0.2, -0.15) is 0 Å². The van der Waals surface area contributed by atoms with Gasteiger partial charge in [-0.25, -0.2) is 8.78 Å². The Morgan fingerprint density at radius 3 is 2.83 bits per heavy atom. The van der Waals surface area contributed by atoms with Crippen LogP contribution in [0.25, 0.3) is 0 Å². The van der Waals surface area contributed by atoms with E-state index in [9.17, 15) is 8.78 Å². The molecule has 130 valence electrons. The van der Waals surface area contributed by atoms with Crippen molar-refractivity contribution in [2.75, 3.05) is 6.54 Å². The zero-order valence-electron chi connectivity index (χ0n) is 14.2. The molecule has 1 aliphatic rings. The molecule has 1 aromatic rings. The molecule has 1 atom stereocenters. The van der Waals surface area contributed by atoms with Crippen LogP contribution in [0.2, 0.25) is 0 Å². The lowest BCUT2D eigenvalue weighted by atomic mass is 9.94. The highest BCUT2D eigenvalue weighted by atomic mass is 19.3. The molecule has 4 nitrogen and oxygen atoms in total. The van der Waals surface area contributed by atoms with Gasteiger partial charge in [-0.05, 0) is 26.3 Å². The number of alkyl halides is 2. The Bertz CT molecular complexity index is 660. The monoisotopic (exact) mass is 335 g/mol. The van der Waals surface area contributed by atoms with Crippen LogP contribution in [0.1, 0.15) is 32.9 Å². The summed E-state index contributed by atoms with van der Waals surface area (Å²) in [6.45, 7) is 5.21. The normalized spacial score (nSPS) is 18.7. The molecule has 6 heteroatoms. The van der Waals surface area contributed by atoms with Gasteiger partial charge in [0.2, 0.25) is 0 Å². The minimum Gasteiger partial charge on any atom is -0.491 e. The standard InChI is InChI=1S/C18H23F2N3O/c1-12(2)24-15-8-9-22-16(10-15)17(21)23-11-13-4-6-14(7-5-13)18(3,19)20/h4,6-10,12-13H,5,11H2,1-3H3,(H2,21,23). The van der Waals surface area contributed by atoms with Gasteiger partial charge in [0.15, 0.2) is 0 Å². The Morgan fingerprint density at radius 2 is 2.25 bits per heavy atom. The van der Waals surface area contributed by atoms with E-state index in [4.69, 9.17) is 10.5 Å². The van der Waals surface area contributed by atoms with Crippen molar-refractivity contribution in [2.45, 2.75) is 39.2 Å². The van der Waals surface area contributed by atoms with Crippen molar-refractivity contribution >= 4 is 5.84 Å². The first-order valence-electron chi connectivity index (χ1n) is 7.95. The van der Waals surface area contributed by atoms with Crippen LogP contribution in [0.15, 0.2) is 47.1 Å². The molecule has 1 aliphatic carbocycles. The number of nitrogens with two attached hydrogens (primary N) is 1. The maximum absolute atomic E-state index is 13.2. The predicted octanol–water partition coefficient (Wildman–Crippen LogP) is 3.73. The number of halogens is 2. The number of aliphatic imine (C=N–C) groups is 1. The molecule has 0 spiro atoms. The Hall–Kier alpha value is -2.24. The van der Waals surface area contributed by atoms with Gasteiger partial charge in [-0.15, -0.1) is 0 Å². The predicted molar refractivity (Wildman–Crippen MR) is 91.5 cm³/mol. The van der Waals surface area contributed by atoms with E-state index in [0.29, 0.717) is 30.2 Å². The number of ether oxygens (including phenoxy) is 1. The molecule has 2 N–H and O–H groups in total. The van der Waals surface area contributed by atoms with E-state index >= 15 is 0 Å². The van der Waals surface area contributed by atoms with Crippen LogP contribution in [-0.4, -0.2) is 29.4 Å². The third-order valence-electron chi connectivity index (χ3n) is 3.56. The fraction of sp³-hybridized carbons (Fsp3) is 0.444. The number of allylic oxidation sites excluding steroid dienone is 3.